The zero-order valence-electron chi connectivity index (χ0n) is 9.60. The van der Waals surface area contributed by atoms with Crippen LogP contribution in [0.3, 0.4) is 0 Å². The predicted molar refractivity (Wildman–Crippen MR) is 72.0 cm³/mol. The number of hydrogen-bond acceptors (Lipinski definition) is 2. The van der Waals surface area contributed by atoms with Gasteiger partial charge in [0.1, 0.15) is 6.04 Å². The molecule has 1 unspecified atom stereocenters. The average Bonchev–Trinajstić information content (AvgIpc) is 2.86. The Labute approximate surface area is 115 Å². The molecule has 2 aromatic rings. The summed E-state index contributed by atoms with van der Waals surface area (Å²) < 4.78 is 1.56. The first-order valence-electron chi connectivity index (χ1n) is 5.33. The van der Waals surface area contributed by atoms with Crippen molar-refractivity contribution in [3.63, 3.8) is 0 Å². The summed E-state index contributed by atoms with van der Waals surface area (Å²) in [6.45, 7) is 1.75. The van der Waals surface area contributed by atoms with Crippen LogP contribution >= 0.6 is 23.2 Å². The molecule has 1 aromatic carbocycles. The lowest BCUT2D eigenvalue weighted by Crippen LogP contribution is -2.24. The highest BCUT2D eigenvalue weighted by Crippen LogP contribution is 2.26. The van der Waals surface area contributed by atoms with Crippen molar-refractivity contribution < 1.29 is 4.79 Å². The van der Waals surface area contributed by atoms with Crippen LogP contribution in [0.2, 0.25) is 10.0 Å². The number of halogens is 2. The third-order valence-corrected chi connectivity index (χ3v) is 3.05. The molecule has 1 amide bonds. The highest BCUT2D eigenvalue weighted by Gasteiger charge is 2.16. The summed E-state index contributed by atoms with van der Waals surface area (Å²) in [5.74, 6) is -0.206. The molecule has 0 aliphatic carbocycles. The van der Waals surface area contributed by atoms with Gasteiger partial charge < -0.3 is 5.32 Å². The van der Waals surface area contributed by atoms with E-state index in [0.717, 1.165) is 0 Å². The van der Waals surface area contributed by atoms with Crippen LogP contribution in [0.5, 0.6) is 0 Å². The number of rotatable bonds is 3. The van der Waals surface area contributed by atoms with Gasteiger partial charge in [-0.15, -0.1) is 0 Å². The number of nitrogens with zero attached hydrogens (tertiary/aromatic N) is 2. The molecule has 0 bridgehead atoms. The van der Waals surface area contributed by atoms with Gasteiger partial charge in [-0.25, -0.2) is 0 Å². The Morgan fingerprint density at radius 3 is 2.89 bits per heavy atom. The van der Waals surface area contributed by atoms with Crippen LogP contribution < -0.4 is 5.32 Å². The molecule has 0 aliphatic rings. The first kappa shape index (κ1) is 12.9. The van der Waals surface area contributed by atoms with Gasteiger partial charge in [0.15, 0.2) is 0 Å². The summed E-state index contributed by atoms with van der Waals surface area (Å²) in [5.41, 5.74) is 0.494. The van der Waals surface area contributed by atoms with Crippen molar-refractivity contribution >= 4 is 34.8 Å². The van der Waals surface area contributed by atoms with Crippen LogP contribution in [0.25, 0.3) is 0 Å². The fourth-order valence-corrected chi connectivity index (χ4v) is 1.80. The second kappa shape index (κ2) is 5.42. The Kier molecular flexibility index (Phi) is 3.89. The van der Waals surface area contributed by atoms with Gasteiger partial charge in [0, 0.05) is 17.4 Å². The summed E-state index contributed by atoms with van der Waals surface area (Å²) in [4.78, 5) is 12.0. The van der Waals surface area contributed by atoms with E-state index in [-0.39, 0.29) is 5.91 Å². The molecule has 18 heavy (non-hydrogen) atoms. The van der Waals surface area contributed by atoms with Crippen molar-refractivity contribution in [2.24, 2.45) is 0 Å². The van der Waals surface area contributed by atoms with E-state index < -0.39 is 6.04 Å². The van der Waals surface area contributed by atoms with Crippen molar-refractivity contribution in [1.82, 2.24) is 9.78 Å². The van der Waals surface area contributed by atoms with E-state index in [1.807, 2.05) is 0 Å². The highest BCUT2D eigenvalue weighted by atomic mass is 35.5. The van der Waals surface area contributed by atoms with Crippen LogP contribution in [-0.2, 0) is 4.79 Å². The lowest BCUT2D eigenvalue weighted by atomic mass is 10.2. The van der Waals surface area contributed by atoms with Crippen molar-refractivity contribution in [1.29, 1.82) is 0 Å². The molecule has 0 fully saturated rings. The lowest BCUT2D eigenvalue weighted by molar-refractivity contribution is -0.119. The third-order valence-electron chi connectivity index (χ3n) is 2.49. The maximum absolute atomic E-state index is 12.0. The van der Waals surface area contributed by atoms with Crippen LogP contribution in [0.1, 0.15) is 13.0 Å². The molecule has 6 heteroatoms. The summed E-state index contributed by atoms with van der Waals surface area (Å²) in [6, 6.07) is 6.25. The molecule has 0 spiro atoms. The third kappa shape index (κ3) is 2.83. The summed E-state index contributed by atoms with van der Waals surface area (Å²) in [5, 5.41) is 7.70. The number of carbonyl (C=O) groups excluding carboxylic acids is 1. The molecule has 2 rings (SSSR count). The number of nitrogens with one attached hydrogen (secondary N) is 1. The van der Waals surface area contributed by atoms with Crippen molar-refractivity contribution in [2.75, 3.05) is 5.32 Å². The summed E-state index contributed by atoms with van der Waals surface area (Å²) in [7, 11) is 0. The average molecular weight is 284 g/mol. The molecular weight excluding hydrogens is 273 g/mol. The molecule has 0 radical (unpaired) electrons. The lowest BCUT2D eigenvalue weighted by Gasteiger charge is -2.13. The van der Waals surface area contributed by atoms with E-state index in [1.165, 1.54) is 0 Å². The number of anilines is 1. The van der Waals surface area contributed by atoms with Crippen molar-refractivity contribution in [3.8, 4) is 0 Å². The van der Waals surface area contributed by atoms with E-state index >= 15 is 0 Å². The van der Waals surface area contributed by atoms with Gasteiger partial charge in [0.05, 0.1) is 10.7 Å². The van der Waals surface area contributed by atoms with Gasteiger partial charge >= 0.3 is 0 Å². The monoisotopic (exact) mass is 283 g/mol. The molecule has 1 N–H and O–H groups in total. The van der Waals surface area contributed by atoms with Crippen LogP contribution in [0.4, 0.5) is 5.69 Å². The maximum Gasteiger partial charge on any atom is 0.248 e. The molecule has 4 nitrogen and oxygen atoms in total. The van der Waals surface area contributed by atoms with E-state index in [4.69, 9.17) is 23.2 Å². The van der Waals surface area contributed by atoms with Gasteiger partial charge in [-0.3, -0.25) is 9.48 Å². The van der Waals surface area contributed by atoms with Crippen molar-refractivity contribution in [2.45, 2.75) is 13.0 Å². The fourth-order valence-electron chi connectivity index (χ4n) is 1.46. The molecule has 1 aromatic heterocycles. The van der Waals surface area contributed by atoms with E-state index in [2.05, 4.69) is 10.4 Å². The number of amides is 1. The second-order valence-electron chi connectivity index (χ2n) is 3.78. The quantitative estimate of drug-likeness (QED) is 0.939. The number of benzene rings is 1. The number of aromatic nitrogens is 2. The van der Waals surface area contributed by atoms with Crippen LogP contribution in [0.15, 0.2) is 36.7 Å². The topological polar surface area (TPSA) is 46.9 Å². The highest BCUT2D eigenvalue weighted by molar-refractivity contribution is 6.35. The van der Waals surface area contributed by atoms with Crippen molar-refractivity contribution in [3.05, 3.63) is 46.7 Å². The Balaban J connectivity index is 2.14. The first-order valence-corrected chi connectivity index (χ1v) is 6.08. The molecule has 0 aliphatic heterocycles. The second-order valence-corrected chi connectivity index (χ2v) is 4.62. The largest absolute Gasteiger partial charge is 0.323 e. The Morgan fingerprint density at radius 1 is 1.44 bits per heavy atom. The Hall–Kier alpha value is -1.52. The number of carbonyl (C=O) groups is 1. The molecule has 0 saturated heterocycles. The van der Waals surface area contributed by atoms with Crippen LogP contribution in [0, 0.1) is 0 Å². The van der Waals surface area contributed by atoms with Gasteiger partial charge in [-0.2, -0.15) is 5.10 Å². The van der Waals surface area contributed by atoms with E-state index in [1.54, 1.807) is 48.3 Å². The van der Waals surface area contributed by atoms with Gasteiger partial charge in [0.25, 0.3) is 0 Å². The Morgan fingerprint density at radius 2 is 2.22 bits per heavy atom. The molecular formula is C12H11Cl2N3O. The maximum atomic E-state index is 12.0. The number of hydrogen-bond donors (Lipinski definition) is 1. The predicted octanol–water partition coefficient (Wildman–Crippen LogP) is 3.39. The van der Waals surface area contributed by atoms with Crippen LogP contribution in [-0.4, -0.2) is 15.7 Å². The SMILES string of the molecule is CC(C(=O)Nc1cc(Cl)ccc1Cl)n1cccn1. The molecule has 0 saturated carbocycles. The Bertz CT molecular complexity index is 554. The fraction of sp³-hybridized carbons (Fsp3) is 0.167. The zero-order chi connectivity index (χ0) is 13.1. The molecule has 1 heterocycles. The van der Waals surface area contributed by atoms with Gasteiger partial charge in [0.2, 0.25) is 5.91 Å². The summed E-state index contributed by atoms with van der Waals surface area (Å²) >= 11 is 11.8. The smallest absolute Gasteiger partial charge is 0.248 e. The minimum absolute atomic E-state index is 0.206. The zero-order valence-corrected chi connectivity index (χ0v) is 11.1. The van der Waals surface area contributed by atoms with Gasteiger partial charge in [-0.05, 0) is 31.2 Å². The standard InChI is InChI=1S/C12H11Cl2N3O/c1-8(17-6-2-5-15-17)12(18)16-11-7-9(13)3-4-10(11)14/h2-8H,1H3,(H,16,18). The molecule has 94 valence electrons. The summed E-state index contributed by atoms with van der Waals surface area (Å²) in [6.07, 6.45) is 3.35. The first-order chi connectivity index (χ1) is 8.58. The molecule has 1 atom stereocenters. The van der Waals surface area contributed by atoms with E-state index in [9.17, 15) is 4.79 Å². The minimum Gasteiger partial charge on any atom is -0.323 e. The van der Waals surface area contributed by atoms with Gasteiger partial charge in [-0.1, -0.05) is 23.2 Å². The van der Waals surface area contributed by atoms with E-state index in [0.29, 0.717) is 15.7 Å². The minimum atomic E-state index is -0.421. The normalized spacial score (nSPS) is 12.2.